The van der Waals surface area contributed by atoms with Crippen LogP contribution in [0.3, 0.4) is 0 Å². The number of esters is 1. The zero-order valence-corrected chi connectivity index (χ0v) is 12.5. The molecule has 1 atom stereocenters. The summed E-state index contributed by atoms with van der Waals surface area (Å²) in [6.45, 7) is 0.520. The third kappa shape index (κ3) is 2.88. The van der Waals surface area contributed by atoms with E-state index in [2.05, 4.69) is 0 Å². The molecule has 1 heterocycles. The average molecular weight is 377 g/mol. The average Bonchev–Trinajstić information content (AvgIpc) is 2.86. The van der Waals surface area contributed by atoms with Gasteiger partial charge in [-0.25, -0.2) is 9.18 Å². The number of carbonyl (C=O) groups is 2. The maximum absolute atomic E-state index is 13.0. The number of carbonyl (C=O) groups excluding carboxylic acids is 2. The number of nitrogens with zero attached hydrogens (tertiary/aromatic N) is 1. The predicted molar refractivity (Wildman–Crippen MR) is 75.2 cm³/mol. The highest BCUT2D eigenvalue weighted by molar-refractivity contribution is 14.1. The van der Waals surface area contributed by atoms with Crippen molar-refractivity contribution in [3.63, 3.8) is 0 Å². The summed E-state index contributed by atoms with van der Waals surface area (Å²) < 4.78 is 18.3. The van der Waals surface area contributed by atoms with Gasteiger partial charge in [0, 0.05) is 10.1 Å². The van der Waals surface area contributed by atoms with Gasteiger partial charge in [-0.05, 0) is 53.6 Å². The Morgan fingerprint density at radius 1 is 1.47 bits per heavy atom. The summed E-state index contributed by atoms with van der Waals surface area (Å²) in [4.78, 5) is 25.5. The van der Waals surface area contributed by atoms with Crippen molar-refractivity contribution >= 4 is 34.5 Å². The molecule has 1 unspecified atom stereocenters. The van der Waals surface area contributed by atoms with Crippen molar-refractivity contribution in [3.05, 3.63) is 33.1 Å². The van der Waals surface area contributed by atoms with Crippen molar-refractivity contribution in [2.24, 2.45) is 0 Å². The zero-order chi connectivity index (χ0) is 14.0. The van der Waals surface area contributed by atoms with Crippen molar-refractivity contribution in [2.75, 3.05) is 13.7 Å². The van der Waals surface area contributed by atoms with Crippen LogP contribution in [0.1, 0.15) is 23.2 Å². The van der Waals surface area contributed by atoms with Gasteiger partial charge in [0.1, 0.15) is 11.9 Å². The third-order valence-corrected chi connectivity index (χ3v) is 4.04. The van der Waals surface area contributed by atoms with Gasteiger partial charge in [-0.1, -0.05) is 0 Å². The van der Waals surface area contributed by atoms with E-state index in [4.69, 9.17) is 4.74 Å². The lowest BCUT2D eigenvalue weighted by Gasteiger charge is -2.23. The van der Waals surface area contributed by atoms with Gasteiger partial charge in [-0.15, -0.1) is 0 Å². The van der Waals surface area contributed by atoms with E-state index in [1.54, 1.807) is 0 Å². The van der Waals surface area contributed by atoms with Crippen LogP contribution in [0.25, 0.3) is 0 Å². The van der Waals surface area contributed by atoms with Gasteiger partial charge >= 0.3 is 5.97 Å². The number of likely N-dealkylation sites (tertiary alicyclic amines) is 1. The zero-order valence-electron chi connectivity index (χ0n) is 10.4. The van der Waals surface area contributed by atoms with Crippen LogP contribution in [-0.2, 0) is 9.53 Å². The molecule has 6 heteroatoms. The number of halogens is 2. The molecule has 1 aromatic rings. The van der Waals surface area contributed by atoms with Crippen molar-refractivity contribution in [1.82, 2.24) is 4.90 Å². The van der Waals surface area contributed by atoms with Crippen molar-refractivity contribution in [2.45, 2.75) is 18.9 Å². The summed E-state index contributed by atoms with van der Waals surface area (Å²) >= 11 is 1.92. The molecule has 0 radical (unpaired) electrons. The van der Waals surface area contributed by atoms with Gasteiger partial charge < -0.3 is 9.64 Å². The van der Waals surface area contributed by atoms with Gasteiger partial charge in [0.2, 0.25) is 0 Å². The molecule has 0 spiro atoms. The van der Waals surface area contributed by atoms with Crippen molar-refractivity contribution in [1.29, 1.82) is 0 Å². The Bertz CT molecular complexity index is 521. The van der Waals surface area contributed by atoms with Crippen molar-refractivity contribution < 1.29 is 18.7 Å². The maximum atomic E-state index is 13.0. The summed E-state index contributed by atoms with van der Waals surface area (Å²) in [5.41, 5.74) is 0.415. The quantitative estimate of drug-likeness (QED) is 0.587. The Kier molecular flexibility index (Phi) is 4.38. The molecule has 1 aliphatic rings. The van der Waals surface area contributed by atoms with Gasteiger partial charge in [0.15, 0.2) is 0 Å². The normalized spacial score (nSPS) is 18.5. The van der Waals surface area contributed by atoms with E-state index in [0.29, 0.717) is 22.1 Å². The second-order valence-electron chi connectivity index (χ2n) is 4.30. The minimum absolute atomic E-state index is 0.252. The van der Waals surface area contributed by atoms with Crippen LogP contribution in [0, 0.1) is 9.39 Å². The van der Waals surface area contributed by atoms with Crippen LogP contribution in [0.5, 0.6) is 0 Å². The number of rotatable bonds is 2. The first-order valence-electron chi connectivity index (χ1n) is 5.88. The number of hydrogen-bond donors (Lipinski definition) is 0. The number of ether oxygens (including phenoxy) is 1. The molecule has 2 rings (SSSR count). The SMILES string of the molecule is COC(=O)C1CCCN1C(=O)c1ccc(F)cc1I. The summed E-state index contributed by atoms with van der Waals surface area (Å²) in [5, 5.41) is 0. The second kappa shape index (κ2) is 5.85. The van der Waals surface area contributed by atoms with E-state index >= 15 is 0 Å². The summed E-state index contributed by atoms with van der Waals surface area (Å²) in [6, 6.07) is 3.47. The molecule has 1 aromatic carbocycles. The fraction of sp³-hybridized carbons (Fsp3) is 0.385. The molecule has 1 fully saturated rings. The molecule has 0 aromatic heterocycles. The van der Waals surface area contributed by atoms with E-state index in [1.807, 2.05) is 22.6 Å². The Labute approximate surface area is 124 Å². The van der Waals surface area contributed by atoms with Crippen LogP contribution in [0.2, 0.25) is 0 Å². The topological polar surface area (TPSA) is 46.6 Å². The molecule has 1 aliphatic heterocycles. The van der Waals surface area contributed by atoms with E-state index in [9.17, 15) is 14.0 Å². The Hall–Kier alpha value is -1.18. The van der Waals surface area contributed by atoms with Crippen LogP contribution in [0.4, 0.5) is 4.39 Å². The Morgan fingerprint density at radius 2 is 2.21 bits per heavy atom. The van der Waals surface area contributed by atoms with Gasteiger partial charge in [-0.2, -0.15) is 0 Å². The standard InChI is InChI=1S/C13H13FINO3/c1-19-13(18)11-3-2-6-16(11)12(17)9-5-4-8(14)7-10(9)15/h4-5,7,11H,2-3,6H2,1H3. The van der Waals surface area contributed by atoms with Crippen molar-refractivity contribution in [3.8, 4) is 0 Å². The van der Waals surface area contributed by atoms with Gasteiger partial charge in [-0.3, -0.25) is 4.79 Å². The lowest BCUT2D eigenvalue weighted by Crippen LogP contribution is -2.41. The van der Waals surface area contributed by atoms with E-state index in [0.717, 1.165) is 6.42 Å². The summed E-state index contributed by atoms with van der Waals surface area (Å²) in [7, 11) is 1.31. The smallest absolute Gasteiger partial charge is 0.328 e. The van der Waals surface area contributed by atoms with E-state index < -0.39 is 12.0 Å². The van der Waals surface area contributed by atoms with Crippen LogP contribution in [-0.4, -0.2) is 36.5 Å². The first kappa shape index (κ1) is 14.2. The van der Waals surface area contributed by atoms with Crippen LogP contribution in [0.15, 0.2) is 18.2 Å². The Morgan fingerprint density at radius 3 is 2.84 bits per heavy atom. The molecule has 19 heavy (non-hydrogen) atoms. The monoisotopic (exact) mass is 377 g/mol. The lowest BCUT2D eigenvalue weighted by atomic mass is 10.1. The second-order valence-corrected chi connectivity index (χ2v) is 5.47. The molecular formula is C13H13FINO3. The van der Waals surface area contributed by atoms with Gasteiger partial charge in [0.25, 0.3) is 5.91 Å². The highest BCUT2D eigenvalue weighted by atomic mass is 127. The summed E-state index contributed by atoms with van der Waals surface area (Å²) in [5.74, 6) is -1.04. The van der Waals surface area contributed by atoms with Crippen LogP contribution < -0.4 is 0 Å². The number of methoxy groups -OCH3 is 1. The predicted octanol–water partition coefficient (Wildman–Crippen LogP) is 2.21. The molecule has 102 valence electrons. The fourth-order valence-electron chi connectivity index (χ4n) is 2.21. The Balaban J connectivity index is 2.25. The number of amides is 1. The highest BCUT2D eigenvalue weighted by Crippen LogP contribution is 2.23. The number of hydrogen-bond acceptors (Lipinski definition) is 3. The largest absolute Gasteiger partial charge is 0.467 e. The molecular weight excluding hydrogens is 364 g/mol. The summed E-state index contributed by atoms with van der Waals surface area (Å²) in [6.07, 6.45) is 1.37. The van der Waals surface area contributed by atoms with E-state index in [1.165, 1.54) is 30.2 Å². The lowest BCUT2D eigenvalue weighted by molar-refractivity contribution is -0.145. The first-order chi connectivity index (χ1) is 9.04. The molecule has 0 saturated carbocycles. The molecule has 4 nitrogen and oxygen atoms in total. The number of benzene rings is 1. The first-order valence-corrected chi connectivity index (χ1v) is 6.96. The third-order valence-electron chi connectivity index (χ3n) is 3.15. The minimum atomic E-state index is -0.529. The molecule has 0 bridgehead atoms. The molecule has 1 amide bonds. The van der Waals surface area contributed by atoms with Crippen LogP contribution >= 0.6 is 22.6 Å². The fourth-order valence-corrected chi connectivity index (χ4v) is 2.92. The molecule has 0 N–H and O–H groups in total. The highest BCUT2D eigenvalue weighted by Gasteiger charge is 2.35. The molecule has 1 saturated heterocycles. The van der Waals surface area contributed by atoms with E-state index in [-0.39, 0.29) is 11.7 Å². The minimum Gasteiger partial charge on any atom is -0.467 e. The molecule has 0 aliphatic carbocycles. The maximum Gasteiger partial charge on any atom is 0.328 e. The van der Waals surface area contributed by atoms with Gasteiger partial charge in [0.05, 0.1) is 12.7 Å².